The highest BCUT2D eigenvalue weighted by atomic mass is 35.5. The Hall–Kier alpha value is -3.36. The molecule has 2 N–H and O–H groups in total. The lowest BCUT2D eigenvalue weighted by Gasteiger charge is -2.38. The van der Waals surface area contributed by atoms with Crippen molar-refractivity contribution in [2.24, 2.45) is 11.8 Å². The van der Waals surface area contributed by atoms with E-state index in [0.29, 0.717) is 47.2 Å². The number of benzene rings is 2. The maximum Gasteiger partial charge on any atom is 0.255 e. The van der Waals surface area contributed by atoms with Gasteiger partial charge in [-0.05, 0) is 43.2 Å². The zero-order valence-electron chi connectivity index (χ0n) is 18.0. The smallest absolute Gasteiger partial charge is 0.255 e. The molecule has 2 aromatic rings. The minimum atomic E-state index is -0.412. The van der Waals surface area contributed by atoms with Crippen LogP contribution in [0.1, 0.15) is 23.2 Å². The number of hydrazine groups is 1. The van der Waals surface area contributed by atoms with E-state index < -0.39 is 11.8 Å². The summed E-state index contributed by atoms with van der Waals surface area (Å²) in [7, 11) is 1.56. The molecule has 4 rings (SSSR count). The van der Waals surface area contributed by atoms with Crippen molar-refractivity contribution in [1.82, 2.24) is 5.43 Å². The molecule has 1 fully saturated rings. The third kappa shape index (κ3) is 4.86. The number of nitrogens with one attached hydrogen (secondary N) is 2. The molecule has 2 aliphatic rings. The molecular formula is C24H24ClN3O5. The van der Waals surface area contributed by atoms with Crippen molar-refractivity contribution in [3.8, 4) is 5.75 Å². The molecule has 1 heterocycles. The number of halogens is 1. The summed E-state index contributed by atoms with van der Waals surface area (Å²) in [6.45, 7) is 0.639. The van der Waals surface area contributed by atoms with Gasteiger partial charge in [-0.3, -0.25) is 19.8 Å². The Balaban J connectivity index is 1.53. The quantitative estimate of drug-likeness (QED) is 0.477. The van der Waals surface area contributed by atoms with Crippen LogP contribution in [-0.2, 0) is 14.3 Å². The van der Waals surface area contributed by atoms with E-state index in [1.165, 1.54) is 5.01 Å². The van der Waals surface area contributed by atoms with Crippen molar-refractivity contribution < 1.29 is 23.9 Å². The fourth-order valence-corrected chi connectivity index (χ4v) is 4.17. The van der Waals surface area contributed by atoms with Crippen LogP contribution in [0.3, 0.4) is 0 Å². The summed E-state index contributed by atoms with van der Waals surface area (Å²) in [5.41, 5.74) is 3.81. The topological polar surface area (TPSA) is 97.0 Å². The summed E-state index contributed by atoms with van der Waals surface area (Å²) < 4.78 is 10.7. The van der Waals surface area contributed by atoms with E-state index in [9.17, 15) is 14.4 Å². The molecule has 33 heavy (non-hydrogen) atoms. The molecule has 9 heteroatoms. The van der Waals surface area contributed by atoms with Gasteiger partial charge in [-0.1, -0.05) is 35.9 Å². The third-order valence-corrected chi connectivity index (χ3v) is 5.94. The van der Waals surface area contributed by atoms with E-state index in [0.717, 1.165) is 0 Å². The number of ether oxygens (including phenoxy) is 2. The fraction of sp³-hybridized carbons (Fsp3) is 0.292. The van der Waals surface area contributed by atoms with Crippen molar-refractivity contribution in [3.05, 3.63) is 65.2 Å². The Morgan fingerprint density at radius 2 is 1.88 bits per heavy atom. The van der Waals surface area contributed by atoms with Crippen LogP contribution in [0.2, 0.25) is 5.02 Å². The van der Waals surface area contributed by atoms with Gasteiger partial charge in [0.05, 0.1) is 34.8 Å². The summed E-state index contributed by atoms with van der Waals surface area (Å²) in [5, 5.41) is 4.39. The van der Waals surface area contributed by atoms with Crippen LogP contribution in [0.4, 0.5) is 11.4 Å². The average Bonchev–Trinajstić information content (AvgIpc) is 2.83. The molecule has 0 spiro atoms. The lowest BCUT2D eigenvalue weighted by Crippen LogP contribution is -2.59. The highest BCUT2D eigenvalue weighted by Gasteiger charge is 2.42. The van der Waals surface area contributed by atoms with Crippen LogP contribution in [0.5, 0.6) is 5.75 Å². The second-order valence-electron chi connectivity index (χ2n) is 7.77. The Morgan fingerprint density at radius 1 is 1.12 bits per heavy atom. The number of anilines is 2. The summed E-state index contributed by atoms with van der Waals surface area (Å²) in [6.07, 6.45) is 4.93. The predicted molar refractivity (Wildman–Crippen MR) is 124 cm³/mol. The van der Waals surface area contributed by atoms with Crippen molar-refractivity contribution in [1.29, 1.82) is 0 Å². The second-order valence-corrected chi connectivity index (χ2v) is 8.17. The molecule has 1 saturated heterocycles. The molecule has 0 radical (unpaired) electrons. The van der Waals surface area contributed by atoms with Gasteiger partial charge in [0.25, 0.3) is 5.91 Å². The lowest BCUT2D eigenvalue weighted by atomic mass is 9.80. The summed E-state index contributed by atoms with van der Waals surface area (Å²) in [4.78, 5) is 38.5. The van der Waals surface area contributed by atoms with Gasteiger partial charge in [-0.25, -0.2) is 5.01 Å². The largest absolute Gasteiger partial charge is 0.487 e. The Kier molecular flexibility index (Phi) is 6.96. The number of allylic oxidation sites excluding steroid dienone is 2. The van der Waals surface area contributed by atoms with Crippen LogP contribution in [0, 0.1) is 11.8 Å². The molecule has 3 amide bonds. The van der Waals surface area contributed by atoms with Gasteiger partial charge in [-0.2, -0.15) is 0 Å². The van der Waals surface area contributed by atoms with Gasteiger partial charge in [0, 0.05) is 12.7 Å². The fourth-order valence-electron chi connectivity index (χ4n) is 3.94. The van der Waals surface area contributed by atoms with Crippen LogP contribution in [-0.4, -0.2) is 38.0 Å². The first-order valence-electron chi connectivity index (χ1n) is 10.6. The number of fused-ring (bicyclic) bond motifs is 1. The standard InChI is InChI=1S/C24H24ClN3O5/c1-32-12-13-33-21-19(25)10-5-11-20(21)26-22(29)15-6-4-7-16(14-15)28-24(31)18-9-3-2-8-17(18)23(30)27-28/h2-7,10-11,14,17-18H,8-9,12-13H2,1H3,(H,26,29)(H,27,30). The van der Waals surface area contributed by atoms with E-state index in [1.807, 2.05) is 12.2 Å². The highest BCUT2D eigenvalue weighted by Crippen LogP contribution is 2.34. The van der Waals surface area contributed by atoms with Crippen molar-refractivity contribution in [2.75, 3.05) is 30.6 Å². The van der Waals surface area contributed by atoms with Gasteiger partial charge < -0.3 is 14.8 Å². The third-order valence-electron chi connectivity index (χ3n) is 5.64. The van der Waals surface area contributed by atoms with E-state index in [2.05, 4.69) is 10.7 Å². The number of methoxy groups -OCH3 is 1. The number of hydrogen-bond donors (Lipinski definition) is 2. The number of amides is 3. The molecule has 2 aromatic carbocycles. The number of para-hydroxylation sites is 1. The van der Waals surface area contributed by atoms with Gasteiger partial charge in [-0.15, -0.1) is 0 Å². The van der Waals surface area contributed by atoms with Gasteiger partial charge in [0.1, 0.15) is 6.61 Å². The van der Waals surface area contributed by atoms with E-state index in [4.69, 9.17) is 21.1 Å². The van der Waals surface area contributed by atoms with E-state index >= 15 is 0 Å². The number of nitrogens with zero attached hydrogens (tertiary/aromatic N) is 1. The Morgan fingerprint density at radius 3 is 2.67 bits per heavy atom. The van der Waals surface area contributed by atoms with Gasteiger partial charge in [0.2, 0.25) is 11.8 Å². The van der Waals surface area contributed by atoms with Crippen molar-refractivity contribution in [2.45, 2.75) is 12.8 Å². The molecule has 0 saturated carbocycles. The monoisotopic (exact) mass is 469 g/mol. The first-order chi connectivity index (χ1) is 16.0. The van der Waals surface area contributed by atoms with Crippen LogP contribution in [0.25, 0.3) is 0 Å². The lowest BCUT2D eigenvalue weighted by molar-refractivity contribution is -0.139. The predicted octanol–water partition coefficient (Wildman–Crippen LogP) is 3.58. The zero-order chi connectivity index (χ0) is 23.4. The highest BCUT2D eigenvalue weighted by molar-refractivity contribution is 6.32. The molecule has 0 aromatic heterocycles. The first-order valence-corrected chi connectivity index (χ1v) is 11.0. The molecule has 1 aliphatic carbocycles. The minimum absolute atomic E-state index is 0.190. The zero-order valence-corrected chi connectivity index (χ0v) is 18.8. The molecule has 2 atom stereocenters. The van der Waals surface area contributed by atoms with Crippen LogP contribution < -0.4 is 20.5 Å². The van der Waals surface area contributed by atoms with E-state index in [-0.39, 0.29) is 24.3 Å². The maximum absolute atomic E-state index is 13.0. The van der Waals surface area contributed by atoms with E-state index in [1.54, 1.807) is 49.6 Å². The summed E-state index contributed by atoms with van der Waals surface area (Å²) in [5.74, 6) is -1.22. The molecule has 8 nitrogen and oxygen atoms in total. The number of hydrogen-bond acceptors (Lipinski definition) is 5. The number of carbonyl (C=O) groups excluding carboxylic acids is 3. The summed E-state index contributed by atoms with van der Waals surface area (Å²) in [6, 6.07) is 11.6. The van der Waals surface area contributed by atoms with Gasteiger partial charge in [0.15, 0.2) is 5.75 Å². The second kappa shape index (κ2) is 10.1. The van der Waals surface area contributed by atoms with Crippen molar-refractivity contribution in [3.63, 3.8) is 0 Å². The minimum Gasteiger partial charge on any atom is -0.487 e. The SMILES string of the molecule is COCCOc1c(Cl)cccc1NC(=O)c1cccc(N2NC(=O)C3CC=CCC3C2=O)c1. The van der Waals surface area contributed by atoms with Crippen LogP contribution >= 0.6 is 11.6 Å². The normalized spacial score (nSPS) is 19.6. The van der Waals surface area contributed by atoms with Crippen LogP contribution in [0.15, 0.2) is 54.6 Å². The number of rotatable bonds is 7. The Labute approximate surface area is 196 Å². The summed E-state index contributed by atoms with van der Waals surface area (Å²) >= 11 is 6.24. The Bertz CT molecular complexity index is 1100. The molecule has 172 valence electrons. The van der Waals surface area contributed by atoms with Gasteiger partial charge >= 0.3 is 0 Å². The molecule has 0 bridgehead atoms. The molecule has 1 aliphatic heterocycles. The molecular weight excluding hydrogens is 446 g/mol. The average molecular weight is 470 g/mol. The van der Waals surface area contributed by atoms with Crippen molar-refractivity contribution >= 4 is 40.7 Å². The maximum atomic E-state index is 13.0. The molecule has 2 unspecified atom stereocenters. The number of carbonyl (C=O) groups is 3. The first kappa shape index (κ1) is 22.8.